The average molecular weight is 406 g/mol. The van der Waals surface area contributed by atoms with Gasteiger partial charge in [0.1, 0.15) is 11.9 Å². The van der Waals surface area contributed by atoms with Gasteiger partial charge in [0.25, 0.3) is 5.89 Å². The van der Waals surface area contributed by atoms with Crippen LogP contribution >= 0.6 is 0 Å². The van der Waals surface area contributed by atoms with Crippen LogP contribution in [-0.4, -0.2) is 26.5 Å². The van der Waals surface area contributed by atoms with Gasteiger partial charge in [0.05, 0.1) is 25.2 Å². The predicted octanol–water partition coefficient (Wildman–Crippen LogP) is 3.74. The lowest BCUT2D eigenvalue weighted by Crippen LogP contribution is -2.20. The smallest absolute Gasteiger partial charge is 0.278 e. The molecule has 0 spiro atoms. The van der Waals surface area contributed by atoms with Gasteiger partial charge in [-0.05, 0) is 35.9 Å². The van der Waals surface area contributed by atoms with Gasteiger partial charge in [0.2, 0.25) is 12.6 Å². The van der Waals surface area contributed by atoms with Gasteiger partial charge in [0, 0.05) is 5.56 Å². The molecule has 0 radical (unpaired) electrons. The fourth-order valence-electron chi connectivity index (χ4n) is 3.66. The van der Waals surface area contributed by atoms with Gasteiger partial charge in [-0.1, -0.05) is 17.3 Å². The number of imidazole rings is 1. The lowest BCUT2D eigenvalue weighted by molar-refractivity contribution is 0.00326. The first-order valence-electron chi connectivity index (χ1n) is 9.40. The van der Waals surface area contributed by atoms with Crippen LogP contribution in [0.1, 0.15) is 17.4 Å². The van der Waals surface area contributed by atoms with E-state index in [1.54, 1.807) is 18.5 Å². The number of halogens is 1. The molecular formula is C21H15FN4O4. The first kappa shape index (κ1) is 17.2. The number of aromatic nitrogens is 4. The molecule has 9 heteroatoms. The normalized spacial score (nSPS) is 17.2. The summed E-state index contributed by atoms with van der Waals surface area (Å²) in [6.45, 7) is 1.10. The molecule has 8 nitrogen and oxygen atoms in total. The minimum absolute atomic E-state index is 0.174. The van der Waals surface area contributed by atoms with Crippen LogP contribution in [0, 0.1) is 5.82 Å². The minimum atomic E-state index is -0.269. The lowest BCUT2D eigenvalue weighted by Gasteiger charge is -2.25. The molecule has 0 saturated carbocycles. The minimum Gasteiger partial charge on any atom is -0.454 e. The number of hydrogen-bond donors (Lipinski definition) is 0. The third kappa shape index (κ3) is 2.82. The number of fused-ring (bicyclic) bond motifs is 2. The van der Waals surface area contributed by atoms with Crippen molar-refractivity contribution in [3.05, 3.63) is 65.9 Å². The van der Waals surface area contributed by atoms with Crippen molar-refractivity contribution < 1.29 is 23.1 Å². The van der Waals surface area contributed by atoms with E-state index >= 15 is 0 Å². The van der Waals surface area contributed by atoms with E-state index in [1.165, 1.54) is 12.1 Å². The second-order valence-corrected chi connectivity index (χ2v) is 7.03. The summed E-state index contributed by atoms with van der Waals surface area (Å²) in [5.74, 6) is 1.83. The lowest BCUT2D eigenvalue weighted by atomic mass is 10.1. The molecule has 2 aliphatic rings. The highest BCUT2D eigenvalue weighted by Gasteiger charge is 2.27. The predicted molar refractivity (Wildman–Crippen MR) is 101 cm³/mol. The van der Waals surface area contributed by atoms with Gasteiger partial charge in [-0.3, -0.25) is 0 Å². The fraction of sp³-hybridized carbons (Fsp3) is 0.190. The highest BCUT2D eigenvalue weighted by Crippen LogP contribution is 2.36. The van der Waals surface area contributed by atoms with Gasteiger partial charge in [-0.2, -0.15) is 4.98 Å². The van der Waals surface area contributed by atoms with E-state index < -0.39 is 0 Å². The van der Waals surface area contributed by atoms with Crippen LogP contribution in [0.5, 0.6) is 11.5 Å². The molecule has 0 saturated heterocycles. The van der Waals surface area contributed by atoms with Gasteiger partial charge in [-0.25, -0.2) is 9.37 Å². The number of nitrogens with zero attached hydrogens (tertiary/aromatic N) is 4. The maximum absolute atomic E-state index is 13.2. The Morgan fingerprint density at radius 1 is 1.03 bits per heavy atom. The summed E-state index contributed by atoms with van der Waals surface area (Å²) >= 11 is 0. The molecule has 0 aliphatic carbocycles. The Morgan fingerprint density at radius 2 is 1.90 bits per heavy atom. The number of ether oxygens (including phenoxy) is 3. The zero-order valence-corrected chi connectivity index (χ0v) is 15.6. The summed E-state index contributed by atoms with van der Waals surface area (Å²) in [4.78, 5) is 8.95. The largest absolute Gasteiger partial charge is 0.454 e. The summed E-state index contributed by atoms with van der Waals surface area (Å²) in [7, 11) is 0. The third-order valence-corrected chi connectivity index (χ3v) is 5.23. The van der Waals surface area contributed by atoms with Crippen molar-refractivity contribution in [2.45, 2.75) is 19.3 Å². The Hall–Kier alpha value is -3.72. The molecule has 2 aromatic heterocycles. The molecule has 6 rings (SSSR count). The second-order valence-electron chi connectivity index (χ2n) is 7.03. The van der Waals surface area contributed by atoms with E-state index in [-0.39, 0.29) is 18.7 Å². The van der Waals surface area contributed by atoms with Crippen molar-refractivity contribution in [2.75, 3.05) is 6.79 Å². The molecule has 4 aromatic rings. The van der Waals surface area contributed by atoms with Crippen molar-refractivity contribution in [1.29, 1.82) is 0 Å². The molecule has 2 aliphatic heterocycles. The highest BCUT2D eigenvalue weighted by atomic mass is 19.1. The molecule has 0 N–H and O–H groups in total. The first-order chi connectivity index (χ1) is 14.7. The van der Waals surface area contributed by atoms with E-state index in [4.69, 9.17) is 18.7 Å². The van der Waals surface area contributed by atoms with E-state index in [2.05, 4.69) is 15.1 Å². The van der Waals surface area contributed by atoms with Gasteiger partial charge >= 0.3 is 0 Å². The maximum Gasteiger partial charge on any atom is 0.278 e. The molecule has 1 atom stereocenters. The zero-order valence-electron chi connectivity index (χ0n) is 15.6. The van der Waals surface area contributed by atoms with Crippen LogP contribution < -0.4 is 9.47 Å². The Balaban J connectivity index is 1.27. The van der Waals surface area contributed by atoms with Crippen LogP contribution in [0.3, 0.4) is 0 Å². The van der Waals surface area contributed by atoms with Crippen LogP contribution in [0.4, 0.5) is 4.39 Å². The monoisotopic (exact) mass is 406 g/mol. The number of hydrogen-bond acceptors (Lipinski definition) is 7. The average Bonchev–Trinajstić information content (AvgIpc) is 3.51. The Morgan fingerprint density at radius 3 is 2.80 bits per heavy atom. The molecule has 0 fully saturated rings. The molecule has 2 aromatic carbocycles. The zero-order chi connectivity index (χ0) is 20.1. The molecular weight excluding hydrogens is 391 g/mol. The summed E-state index contributed by atoms with van der Waals surface area (Å²) in [5, 5.41) is 4.08. The van der Waals surface area contributed by atoms with Crippen LogP contribution in [-0.2, 0) is 17.9 Å². The molecule has 30 heavy (non-hydrogen) atoms. The molecule has 0 bridgehead atoms. The second kappa shape index (κ2) is 6.67. The van der Waals surface area contributed by atoms with Crippen molar-refractivity contribution in [3.63, 3.8) is 0 Å². The van der Waals surface area contributed by atoms with Crippen molar-refractivity contribution in [1.82, 2.24) is 19.7 Å². The van der Waals surface area contributed by atoms with Crippen LogP contribution in [0.15, 0.2) is 53.3 Å². The van der Waals surface area contributed by atoms with Crippen molar-refractivity contribution in [3.8, 4) is 34.5 Å². The van der Waals surface area contributed by atoms with Crippen molar-refractivity contribution in [2.24, 2.45) is 0 Å². The third-order valence-electron chi connectivity index (χ3n) is 5.23. The number of rotatable bonds is 3. The summed E-state index contributed by atoms with van der Waals surface area (Å²) in [6.07, 6.45) is 1.56. The SMILES string of the molecule is Fc1ccc(C2Cn3cnc(-c4nc(-c5ccc6c(c5)OCO6)no4)c3CO2)cc1. The number of benzene rings is 2. The van der Waals surface area contributed by atoms with Crippen LogP contribution in [0.2, 0.25) is 0 Å². The first-order valence-corrected chi connectivity index (χ1v) is 9.40. The summed E-state index contributed by atoms with van der Waals surface area (Å²) in [6, 6.07) is 11.8. The molecule has 1 unspecified atom stereocenters. The highest BCUT2D eigenvalue weighted by molar-refractivity contribution is 5.63. The Labute approximate surface area is 169 Å². The van der Waals surface area contributed by atoms with Gasteiger partial charge in [0.15, 0.2) is 17.2 Å². The molecule has 0 amide bonds. The Kier molecular flexibility index (Phi) is 3.81. The summed E-state index contributed by atoms with van der Waals surface area (Å²) < 4.78 is 37.4. The van der Waals surface area contributed by atoms with E-state index in [9.17, 15) is 4.39 Å². The van der Waals surface area contributed by atoms with Crippen LogP contribution in [0.25, 0.3) is 23.0 Å². The summed E-state index contributed by atoms with van der Waals surface area (Å²) in [5.41, 5.74) is 3.12. The molecule has 150 valence electrons. The standard InChI is InChI=1S/C21H15FN4O4/c22-14-4-1-12(2-5-14)18-8-26-10-23-19(15(26)9-27-18)21-24-20(25-30-21)13-3-6-16-17(7-13)29-11-28-16/h1-7,10,18H,8-9,11H2. The van der Waals surface area contributed by atoms with Crippen molar-refractivity contribution >= 4 is 0 Å². The van der Waals surface area contributed by atoms with E-state index in [0.29, 0.717) is 42.1 Å². The quantitative estimate of drug-likeness (QED) is 0.512. The molecule has 4 heterocycles. The topological polar surface area (TPSA) is 84.4 Å². The maximum atomic E-state index is 13.2. The Bertz CT molecular complexity index is 1230. The van der Waals surface area contributed by atoms with E-state index in [1.807, 2.05) is 22.8 Å². The van der Waals surface area contributed by atoms with Gasteiger partial charge in [-0.15, -0.1) is 0 Å². The van der Waals surface area contributed by atoms with E-state index in [0.717, 1.165) is 16.8 Å². The van der Waals surface area contributed by atoms with Gasteiger partial charge < -0.3 is 23.3 Å². The fourth-order valence-corrected chi connectivity index (χ4v) is 3.66.